The molecule has 0 saturated carbocycles. The van der Waals surface area contributed by atoms with E-state index >= 15 is 0 Å². The molecule has 0 amide bonds. The Kier molecular flexibility index (Phi) is 6.15. The van der Waals surface area contributed by atoms with Crippen LogP contribution in [0.4, 0.5) is 5.69 Å². The van der Waals surface area contributed by atoms with E-state index in [0.29, 0.717) is 10.0 Å². The molecule has 7 heteroatoms. The highest BCUT2D eigenvalue weighted by atomic mass is 127. The summed E-state index contributed by atoms with van der Waals surface area (Å²) in [5.74, 6) is 0.734. The van der Waals surface area contributed by atoms with Crippen molar-refractivity contribution in [3.63, 3.8) is 0 Å². The monoisotopic (exact) mass is 386 g/mol. The molecule has 0 aromatic heterocycles. The lowest BCUT2D eigenvalue weighted by Crippen LogP contribution is -2.43. The van der Waals surface area contributed by atoms with Gasteiger partial charge in [0.15, 0.2) is 0 Å². The molecule has 0 radical (unpaired) electrons. The predicted octanol–water partition coefficient (Wildman–Crippen LogP) is 2.88. The molecule has 94 valence electrons. The third-order valence-electron chi connectivity index (χ3n) is 2.14. The molecule has 0 saturated heterocycles. The van der Waals surface area contributed by atoms with Crippen LogP contribution in [0.1, 0.15) is 6.42 Å². The third kappa shape index (κ3) is 4.40. The Bertz CT molecular complexity index is 411. The molecule has 1 heterocycles. The number of aliphatic imine (C=N–C) groups is 1. The Morgan fingerprint density at radius 3 is 2.71 bits per heavy atom. The van der Waals surface area contributed by atoms with E-state index < -0.39 is 0 Å². The van der Waals surface area contributed by atoms with E-state index in [9.17, 15) is 0 Å². The van der Waals surface area contributed by atoms with Crippen molar-refractivity contribution >= 4 is 58.8 Å². The maximum atomic E-state index is 6.00. The fourth-order valence-electron chi connectivity index (χ4n) is 1.33. The van der Waals surface area contributed by atoms with Crippen LogP contribution in [-0.2, 0) is 0 Å². The van der Waals surface area contributed by atoms with Crippen LogP contribution in [0.25, 0.3) is 0 Å². The topological polar surface area (TPSA) is 48.5 Å². The van der Waals surface area contributed by atoms with Gasteiger partial charge in [-0.25, -0.2) is 0 Å². The molecule has 1 aliphatic rings. The Balaban J connectivity index is 0.00000144. The number of nitrogens with one attached hydrogen (secondary N) is 3. The normalized spacial score (nSPS) is 14.1. The molecule has 0 unspecified atom stereocenters. The van der Waals surface area contributed by atoms with Gasteiger partial charge < -0.3 is 5.32 Å². The molecule has 4 nitrogen and oxygen atoms in total. The highest BCUT2D eigenvalue weighted by molar-refractivity contribution is 14.0. The minimum absolute atomic E-state index is 0. The molecule has 0 bridgehead atoms. The number of anilines is 1. The molecule has 3 N–H and O–H groups in total. The Morgan fingerprint density at radius 1 is 1.24 bits per heavy atom. The predicted molar refractivity (Wildman–Crippen MR) is 83.6 cm³/mol. The van der Waals surface area contributed by atoms with E-state index in [4.69, 9.17) is 23.2 Å². The van der Waals surface area contributed by atoms with E-state index in [-0.39, 0.29) is 24.0 Å². The summed E-state index contributed by atoms with van der Waals surface area (Å²) in [5.41, 5.74) is 6.70. The second-order valence-electron chi connectivity index (χ2n) is 3.38. The summed E-state index contributed by atoms with van der Waals surface area (Å²) in [6.07, 6.45) is 1.06. The van der Waals surface area contributed by atoms with Gasteiger partial charge in [-0.2, -0.15) is 0 Å². The molecule has 0 spiro atoms. The van der Waals surface area contributed by atoms with E-state index in [1.54, 1.807) is 18.2 Å². The SMILES string of the molecule is Clc1ccc(NNC2=NCCCN2)c(Cl)c1.I. The summed E-state index contributed by atoms with van der Waals surface area (Å²) >= 11 is 11.8. The van der Waals surface area contributed by atoms with Gasteiger partial charge in [0.25, 0.3) is 0 Å². The number of guanidine groups is 1. The Hall–Kier alpha value is -0.400. The second kappa shape index (κ2) is 7.13. The van der Waals surface area contributed by atoms with Crippen LogP contribution < -0.4 is 16.2 Å². The molecule has 1 aromatic rings. The third-order valence-corrected chi connectivity index (χ3v) is 2.69. The van der Waals surface area contributed by atoms with Gasteiger partial charge in [-0.05, 0) is 24.6 Å². The fourth-order valence-corrected chi connectivity index (χ4v) is 1.79. The number of hydrazine groups is 1. The zero-order chi connectivity index (χ0) is 11.4. The van der Waals surface area contributed by atoms with Crippen LogP contribution >= 0.6 is 47.2 Å². The van der Waals surface area contributed by atoms with Gasteiger partial charge in [-0.15, -0.1) is 24.0 Å². The van der Waals surface area contributed by atoms with Crippen LogP contribution in [0.3, 0.4) is 0 Å². The molecule has 0 fully saturated rings. The van der Waals surface area contributed by atoms with Crippen LogP contribution in [0, 0.1) is 0 Å². The molecule has 1 aromatic carbocycles. The van der Waals surface area contributed by atoms with Gasteiger partial charge >= 0.3 is 0 Å². The minimum Gasteiger partial charge on any atom is -0.355 e. The Labute approximate surface area is 127 Å². The fraction of sp³-hybridized carbons (Fsp3) is 0.300. The van der Waals surface area contributed by atoms with Crippen molar-refractivity contribution in [3.05, 3.63) is 28.2 Å². The van der Waals surface area contributed by atoms with E-state index in [1.807, 2.05) is 0 Å². The number of rotatable bonds is 2. The smallest absolute Gasteiger partial charge is 0.210 e. The van der Waals surface area contributed by atoms with Crippen LogP contribution in [0.2, 0.25) is 10.0 Å². The van der Waals surface area contributed by atoms with Gasteiger partial charge in [-0.3, -0.25) is 15.8 Å². The van der Waals surface area contributed by atoms with Crippen molar-refractivity contribution in [3.8, 4) is 0 Å². The van der Waals surface area contributed by atoms with Crippen molar-refractivity contribution in [2.75, 3.05) is 18.5 Å². The Morgan fingerprint density at radius 2 is 2.06 bits per heavy atom. The van der Waals surface area contributed by atoms with Crippen molar-refractivity contribution in [1.29, 1.82) is 0 Å². The van der Waals surface area contributed by atoms with E-state index in [2.05, 4.69) is 21.2 Å². The van der Waals surface area contributed by atoms with Crippen LogP contribution in [0.5, 0.6) is 0 Å². The average molecular weight is 387 g/mol. The van der Waals surface area contributed by atoms with Crippen LogP contribution in [-0.4, -0.2) is 19.0 Å². The number of benzene rings is 1. The van der Waals surface area contributed by atoms with Crippen LogP contribution in [0.15, 0.2) is 23.2 Å². The van der Waals surface area contributed by atoms with Crippen molar-refractivity contribution in [1.82, 2.24) is 10.7 Å². The highest BCUT2D eigenvalue weighted by Crippen LogP contribution is 2.24. The lowest BCUT2D eigenvalue weighted by molar-refractivity contribution is 0.718. The minimum atomic E-state index is 0. The van der Waals surface area contributed by atoms with Gasteiger partial charge in [0.1, 0.15) is 0 Å². The summed E-state index contributed by atoms with van der Waals surface area (Å²) in [7, 11) is 0. The van der Waals surface area contributed by atoms with E-state index in [1.165, 1.54) is 0 Å². The molecular formula is C10H13Cl2IN4. The van der Waals surface area contributed by atoms with Gasteiger partial charge in [0.2, 0.25) is 5.96 Å². The quantitative estimate of drug-likeness (QED) is 0.541. The lowest BCUT2D eigenvalue weighted by Gasteiger charge is -2.17. The summed E-state index contributed by atoms with van der Waals surface area (Å²) in [4.78, 5) is 4.25. The molecular weight excluding hydrogens is 374 g/mol. The number of halogens is 3. The molecule has 0 atom stereocenters. The molecule has 17 heavy (non-hydrogen) atoms. The zero-order valence-corrected chi connectivity index (χ0v) is 12.8. The van der Waals surface area contributed by atoms with Crippen molar-refractivity contribution in [2.45, 2.75) is 6.42 Å². The first kappa shape index (κ1) is 14.7. The number of hydrogen-bond donors (Lipinski definition) is 3. The van der Waals surface area contributed by atoms with Gasteiger partial charge in [0, 0.05) is 18.1 Å². The molecule has 2 rings (SSSR count). The zero-order valence-electron chi connectivity index (χ0n) is 8.96. The lowest BCUT2D eigenvalue weighted by atomic mass is 10.3. The van der Waals surface area contributed by atoms with Crippen molar-refractivity contribution < 1.29 is 0 Å². The highest BCUT2D eigenvalue weighted by Gasteiger charge is 2.04. The molecule has 1 aliphatic heterocycles. The first-order valence-corrected chi connectivity index (χ1v) is 5.77. The van der Waals surface area contributed by atoms with Gasteiger partial charge in [-0.1, -0.05) is 23.2 Å². The van der Waals surface area contributed by atoms with E-state index in [0.717, 1.165) is 31.2 Å². The van der Waals surface area contributed by atoms with Gasteiger partial charge in [0.05, 0.1) is 10.7 Å². The molecule has 0 aliphatic carbocycles. The standard InChI is InChI=1S/C10H12Cl2N4.HI/c11-7-2-3-9(8(12)6-7)15-16-10-13-4-1-5-14-10;/h2-3,6,15H,1,4-5H2,(H2,13,14,16);1H. The first-order chi connectivity index (χ1) is 7.75. The number of hydrogen-bond acceptors (Lipinski definition) is 4. The summed E-state index contributed by atoms with van der Waals surface area (Å²) in [6, 6.07) is 5.26. The average Bonchev–Trinajstić information content (AvgIpc) is 2.29. The summed E-state index contributed by atoms with van der Waals surface area (Å²) < 4.78 is 0. The first-order valence-electron chi connectivity index (χ1n) is 5.01. The van der Waals surface area contributed by atoms with Crippen molar-refractivity contribution in [2.24, 2.45) is 4.99 Å². The maximum absolute atomic E-state index is 6.00. The maximum Gasteiger partial charge on any atom is 0.210 e. The summed E-state index contributed by atoms with van der Waals surface area (Å²) in [5, 5.41) is 4.31. The summed E-state index contributed by atoms with van der Waals surface area (Å²) in [6.45, 7) is 1.77. The number of nitrogens with zero attached hydrogens (tertiary/aromatic N) is 1. The largest absolute Gasteiger partial charge is 0.355 e. The second-order valence-corrected chi connectivity index (χ2v) is 4.23.